The van der Waals surface area contributed by atoms with Crippen LogP contribution in [-0.2, 0) is 13.2 Å². The van der Waals surface area contributed by atoms with Gasteiger partial charge in [0.25, 0.3) is 0 Å². The van der Waals surface area contributed by atoms with E-state index < -0.39 is 0 Å². The first-order chi connectivity index (χ1) is 10.8. The molecular formula is C19H23NO2. The summed E-state index contributed by atoms with van der Waals surface area (Å²) in [5.41, 5.74) is 3.53. The van der Waals surface area contributed by atoms with E-state index in [0.717, 1.165) is 23.8 Å². The summed E-state index contributed by atoms with van der Waals surface area (Å²) < 4.78 is 5.24. The van der Waals surface area contributed by atoms with E-state index in [2.05, 4.69) is 29.6 Å². The van der Waals surface area contributed by atoms with E-state index in [1.807, 2.05) is 24.3 Å². The van der Waals surface area contributed by atoms with Gasteiger partial charge in [0.2, 0.25) is 0 Å². The SMILES string of the molecule is COc1ccc(C(NCc2ccc(CO)cc2)C2CC2)cc1. The molecule has 3 rings (SSSR count). The fourth-order valence-corrected chi connectivity index (χ4v) is 2.79. The van der Waals surface area contributed by atoms with Crippen LogP contribution in [0.4, 0.5) is 0 Å². The molecule has 0 radical (unpaired) electrons. The Hall–Kier alpha value is -1.84. The zero-order valence-corrected chi connectivity index (χ0v) is 13.0. The molecule has 2 N–H and O–H groups in total. The zero-order chi connectivity index (χ0) is 15.4. The van der Waals surface area contributed by atoms with E-state index in [1.54, 1.807) is 7.11 Å². The summed E-state index contributed by atoms with van der Waals surface area (Å²) in [5, 5.41) is 12.8. The highest BCUT2D eigenvalue weighted by molar-refractivity contribution is 5.30. The second-order valence-electron chi connectivity index (χ2n) is 5.94. The highest BCUT2D eigenvalue weighted by Crippen LogP contribution is 2.41. The minimum atomic E-state index is 0.101. The van der Waals surface area contributed by atoms with Gasteiger partial charge in [-0.2, -0.15) is 0 Å². The Balaban J connectivity index is 1.66. The third-order valence-electron chi connectivity index (χ3n) is 4.30. The van der Waals surface area contributed by atoms with E-state index in [9.17, 15) is 0 Å². The van der Waals surface area contributed by atoms with Crippen LogP contribution in [0.2, 0.25) is 0 Å². The molecule has 0 amide bonds. The Kier molecular flexibility index (Phi) is 4.76. The summed E-state index contributed by atoms with van der Waals surface area (Å²) >= 11 is 0. The Morgan fingerprint density at radius 2 is 1.68 bits per heavy atom. The van der Waals surface area contributed by atoms with E-state index in [4.69, 9.17) is 9.84 Å². The zero-order valence-electron chi connectivity index (χ0n) is 13.0. The number of aliphatic hydroxyl groups excluding tert-OH is 1. The molecule has 1 fully saturated rings. The Labute approximate surface area is 131 Å². The molecular weight excluding hydrogens is 274 g/mol. The minimum Gasteiger partial charge on any atom is -0.497 e. The van der Waals surface area contributed by atoms with Gasteiger partial charge in [0.15, 0.2) is 0 Å². The molecule has 22 heavy (non-hydrogen) atoms. The Morgan fingerprint density at radius 3 is 2.23 bits per heavy atom. The molecule has 0 saturated heterocycles. The van der Waals surface area contributed by atoms with Gasteiger partial charge in [0.1, 0.15) is 5.75 Å². The van der Waals surface area contributed by atoms with Crippen LogP contribution in [0.1, 0.15) is 35.6 Å². The summed E-state index contributed by atoms with van der Waals surface area (Å²) in [5.74, 6) is 1.64. The van der Waals surface area contributed by atoms with Crippen LogP contribution >= 0.6 is 0 Å². The standard InChI is InChI=1S/C19H23NO2/c1-22-18-10-8-17(9-11-18)19(16-6-7-16)20-12-14-2-4-15(13-21)5-3-14/h2-5,8-11,16,19-21H,6-7,12-13H2,1H3. The van der Waals surface area contributed by atoms with E-state index in [0.29, 0.717) is 6.04 Å². The minimum absolute atomic E-state index is 0.101. The monoisotopic (exact) mass is 297 g/mol. The number of hydrogen-bond donors (Lipinski definition) is 2. The molecule has 0 spiro atoms. The first-order valence-electron chi connectivity index (χ1n) is 7.86. The van der Waals surface area contributed by atoms with E-state index >= 15 is 0 Å². The molecule has 0 aliphatic heterocycles. The molecule has 116 valence electrons. The van der Waals surface area contributed by atoms with Crippen LogP contribution in [0.15, 0.2) is 48.5 Å². The number of aliphatic hydroxyl groups is 1. The molecule has 3 heteroatoms. The van der Waals surface area contributed by atoms with Gasteiger partial charge in [-0.15, -0.1) is 0 Å². The average molecular weight is 297 g/mol. The van der Waals surface area contributed by atoms with Gasteiger partial charge in [-0.25, -0.2) is 0 Å². The van der Waals surface area contributed by atoms with Crippen LogP contribution in [-0.4, -0.2) is 12.2 Å². The molecule has 2 aromatic rings. The summed E-state index contributed by atoms with van der Waals surface area (Å²) in [6.45, 7) is 0.948. The molecule has 1 saturated carbocycles. The average Bonchev–Trinajstić information content (AvgIpc) is 3.41. The van der Waals surface area contributed by atoms with Crippen molar-refractivity contribution in [2.24, 2.45) is 5.92 Å². The lowest BCUT2D eigenvalue weighted by Gasteiger charge is -2.19. The quantitative estimate of drug-likeness (QED) is 0.822. The van der Waals surface area contributed by atoms with Crippen LogP contribution in [0.3, 0.4) is 0 Å². The van der Waals surface area contributed by atoms with Gasteiger partial charge in [0, 0.05) is 12.6 Å². The number of hydrogen-bond acceptors (Lipinski definition) is 3. The van der Waals surface area contributed by atoms with E-state index in [1.165, 1.54) is 24.0 Å². The van der Waals surface area contributed by atoms with Crippen molar-refractivity contribution in [3.8, 4) is 5.75 Å². The molecule has 1 atom stereocenters. The molecule has 0 heterocycles. The maximum atomic E-state index is 9.09. The third kappa shape index (κ3) is 3.67. The maximum Gasteiger partial charge on any atom is 0.118 e. The van der Waals surface area contributed by atoms with Crippen LogP contribution in [0.25, 0.3) is 0 Å². The van der Waals surface area contributed by atoms with Gasteiger partial charge in [-0.3, -0.25) is 0 Å². The van der Waals surface area contributed by atoms with Crippen LogP contribution in [0, 0.1) is 5.92 Å². The van der Waals surface area contributed by atoms with E-state index in [-0.39, 0.29) is 6.61 Å². The molecule has 0 aromatic heterocycles. The second kappa shape index (κ2) is 6.95. The number of rotatable bonds is 7. The van der Waals surface area contributed by atoms with Gasteiger partial charge in [-0.1, -0.05) is 36.4 Å². The van der Waals surface area contributed by atoms with Gasteiger partial charge in [0.05, 0.1) is 13.7 Å². The highest BCUT2D eigenvalue weighted by Gasteiger charge is 2.31. The molecule has 0 bridgehead atoms. The molecule has 2 aromatic carbocycles. The largest absolute Gasteiger partial charge is 0.497 e. The Bertz CT molecular complexity index is 588. The predicted octanol–water partition coefficient (Wildman–Crippen LogP) is 3.43. The summed E-state index contributed by atoms with van der Waals surface area (Å²) in [6.07, 6.45) is 2.60. The summed E-state index contributed by atoms with van der Waals surface area (Å²) in [6, 6.07) is 16.9. The number of nitrogens with one attached hydrogen (secondary N) is 1. The molecule has 1 unspecified atom stereocenters. The Morgan fingerprint density at radius 1 is 1.05 bits per heavy atom. The predicted molar refractivity (Wildman–Crippen MR) is 87.7 cm³/mol. The van der Waals surface area contributed by atoms with Crippen molar-refractivity contribution in [3.05, 3.63) is 65.2 Å². The lowest BCUT2D eigenvalue weighted by molar-refractivity contribution is 0.282. The maximum absolute atomic E-state index is 9.09. The van der Waals surface area contributed by atoms with Crippen molar-refractivity contribution in [3.63, 3.8) is 0 Å². The highest BCUT2D eigenvalue weighted by atomic mass is 16.5. The number of ether oxygens (including phenoxy) is 1. The topological polar surface area (TPSA) is 41.5 Å². The first-order valence-corrected chi connectivity index (χ1v) is 7.86. The molecule has 1 aliphatic rings. The van der Waals surface area contributed by atoms with Gasteiger partial charge in [-0.05, 0) is 47.6 Å². The van der Waals surface area contributed by atoms with Crippen molar-refractivity contribution >= 4 is 0 Å². The smallest absolute Gasteiger partial charge is 0.118 e. The second-order valence-corrected chi connectivity index (χ2v) is 5.94. The van der Waals surface area contributed by atoms with Crippen molar-refractivity contribution in [2.75, 3.05) is 7.11 Å². The van der Waals surface area contributed by atoms with Crippen molar-refractivity contribution in [2.45, 2.75) is 32.0 Å². The molecule has 3 nitrogen and oxygen atoms in total. The number of methoxy groups -OCH3 is 1. The third-order valence-corrected chi connectivity index (χ3v) is 4.30. The fourth-order valence-electron chi connectivity index (χ4n) is 2.79. The van der Waals surface area contributed by atoms with Crippen molar-refractivity contribution in [1.82, 2.24) is 5.32 Å². The van der Waals surface area contributed by atoms with Crippen LogP contribution < -0.4 is 10.1 Å². The first kappa shape index (κ1) is 15.1. The number of benzene rings is 2. The van der Waals surface area contributed by atoms with Crippen molar-refractivity contribution in [1.29, 1.82) is 0 Å². The van der Waals surface area contributed by atoms with Gasteiger partial charge >= 0.3 is 0 Å². The summed E-state index contributed by atoms with van der Waals surface area (Å²) in [7, 11) is 1.70. The van der Waals surface area contributed by atoms with Crippen LogP contribution in [0.5, 0.6) is 5.75 Å². The fraction of sp³-hybridized carbons (Fsp3) is 0.368. The normalized spacial score (nSPS) is 15.5. The van der Waals surface area contributed by atoms with Gasteiger partial charge < -0.3 is 15.2 Å². The lowest BCUT2D eigenvalue weighted by atomic mass is 10.0. The molecule has 1 aliphatic carbocycles. The van der Waals surface area contributed by atoms with Crippen molar-refractivity contribution < 1.29 is 9.84 Å². The summed E-state index contributed by atoms with van der Waals surface area (Å²) in [4.78, 5) is 0. The lowest BCUT2D eigenvalue weighted by Crippen LogP contribution is -2.22.